The predicted octanol–water partition coefficient (Wildman–Crippen LogP) is 2.22. The van der Waals surface area contributed by atoms with E-state index in [1.807, 2.05) is 0 Å². The molecule has 5 heteroatoms. The average molecular weight is 236 g/mol. The van der Waals surface area contributed by atoms with E-state index < -0.39 is 17.5 Å². The molecule has 0 spiro atoms. The molecule has 0 atom stereocenters. The zero-order chi connectivity index (χ0) is 12.3. The van der Waals surface area contributed by atoms with E-state index in [-0.39, 0.29) is 12.1 Å². The average Bonchev–Trinajstić information content (AvgIpc) is 2.82. The molecular formula is C12H10F2N2O. The molecule has 0 unspecified atom stereocenters. The number of hydrogen-bond acceptors (Lipinski definition) is 1. The lowest BCUT2D eigenvalue weighted by Gasteiger charge is -2.05. The highest BCUT2D eigenvalue weighted by Crippen LogP contribution is 2.09. The van der Waals surface area contributed by atoms with Gasteiger partial charge < -0.3 is 10.3 Å². The summed E-state index contributed by atoms with van der Waals surface area (Å²) in [4.78, 5) is 14.5. The molecule has 17 heavy (non-hydrogen) atoms. The summed E-state index contributed by atoms with van der Waals surface area (Å²) in [5, 5.41) is 2.49. The Balaban J connectivity index is 2.07. The third-order valence-electron chi connectivity index (χ3n) is 2.27. The summed E-state index contributed by atoms with van der Waals surface area (Å²) in [6.07, 6.45) is 1.71. The van der Waals surface area contributed by atoms with Crippen LogP contribution in [0.5, 0.6) is 0 Å². The first kappa shape index (κ1) is 11.3. The molecule has 1 heterocycles. The molecule has 2 rings (SSSR count). The highest BCUT2D eigenvalue weighted by Gasteiger charge is 2.12. The van der Waals surface area contributed by atoms with Gasteiger partial charge >= 0.3 is 0 Å². The number of H-pyrrole nitrogens is 1. The molecule has 88 valence electrons. The molecule has 0 aliphatic heterocycles. The van der Waals surface area contributed by atoms with Crippen molar-refractivity contribution in [3.63, 3.8) is 0 Å². The second kappa shape index (κ2) is 4.78. The van der Waals surface area contributed by atoms with Gasteiger partial charge in [-0.05, 0) is 30.3 Å². The van der Waals surface area contributed by atoms with Gasteiger partial charge in [-0.1, -0.05) is 0 Å². The van der Waals surface area contributed by atoms with Gasteiger partial charge in [0.25, 0.3) is 5.91 Å². The smallest absolute Gasteiger partial charge is 0.254 e. The van der Waals surface area contributed by atoms with Crippen LogP contribution in [-0.2, 0) is 6.54 Å². The molecule has 0 aliphatic rings. The number of halogens is 2. The van der Waals surface area contributed by atoms with Crippen molar-refractivity contribution in [2.24, 2.45) is 0 Å². The Bertz CT molecular complexity index is 523. The van der Waals surface area contributed by atoms with Gasteiger partial charge in [0.05, 0.1) is 12.1 Å². The van der Waals surface area contributed by atoms with Gasteiger partial charge in [-0.2, -0.15) is 0 Å². The monoisotopic (exact) mass is 236 g/mol. The van der Waals surface area contributed by atoms with Crippen LogP contribution in [0, 0.1) is 11.6 Å². The van der Waals surface area contributed by atoms with Crippen LogP contribution in [0.2, 0.25) is 0 Å². The summed E-state index contributed by atoms with van der Waals surface area (Å²) >= 11 is 0. The van der Waals surface area contributed by atoms with Crippen molar-refractivity contribution in [1.82, 2.24) is 10.3 Å². The largest absolute Gasteiger partial charge is 0.364 e. The van der Waals surface area contributed by atoms with Crippen molar-refractivity contribution in [2.75, 3.05) is 0 Å². The number of carbonyl (C=O) groups excluding carboxylic acids is 1. The number of rotatable bonds is 3. The summed E-state index contributed by atoms with van der Waals surface area (Å²) in [6, 6.07) is 6.34. The van der Waals surface area contributed by atoms with Gasteiger partial charge in [0.2, 0.25) is 0 Å². The van der Waals surface area contributed by atoms with Crippen LogP contribution in [-0.4, -0.2) is 10.9 Å². The third-order valence-corrected chi connectivity index (χ3v) is 2.27. The van der Waals surface area contributed by atoms with E-state index >= 15 is 0 Å². The standard InChI is InChI=1S/C12H10F2N2O/c13-8-3-4-11(14)10(6-8)12(17)16-7-9-2-1-5-15-9/h1-6,15H,7H2,(H,16,17). The Morgan fingerprint density at radius 3 is 2.82 bits per heavy atom. The van der Waals surface area contributed by atoms with Crippen LogP contribution < -0.4 is 5.32 Å². The van der Waals surface area contributed by atoms with Crippen LogP contribution >= 0.6 is 0 Å². The van der Waals surface area contributed by atoms with Gasteiger partial charge in [-0.3, -0.25) is 4.79 Å². The first-order valence-corrected chi connectivity index (χ1v) is 5.02. The Labute approximate surface area is 96.5 Å². The van der Waals surface area contributed by atoms with Crippen molar-refractivity contribution < 1.29 is 13.6 Å². The van der Waals surface area contributed by atoms with Gasteiger partial charge in [0.15, 0.2) is 0 Å². The maximum absolute atomic E-state index is 13.3. The van der Waals surface area contributed by atoms with E-state index in [0.29, 0.717) is 0 Å². The minimum absolute atomic E-state index is 0.238. The highest BCUT2D eigenvalue weighted by molar-refractivity contribution is 5.94. The highest BCUT2D eigenvalue weighted by atomic mass is 19.1. The normalized spacial score (nSPS) is 10.2. The lowest BCUT2D eigenvalue weighted by atomic mass is 10.2. The molecule has 1 amide bonds. The molecule has 2 aromatic rings. The minimum atomic E-state index is -0.740. The number of hydrogen-bond donors (Lipinski definition) is 2. The molecule has 0 bridgehead atoms. The third kappa shape index (κ3) is 2.69. The van der Waals surface area contributed by atoms with E-state index in [1.165, 1.54) is 0 Å². The molecule has 2 N–H and O–H groups in total. The second-order valence-corrected chi connectivity index (χ2v) is 3.50. The van der Waals surface area contributed by atoms with E-state index in [0.717, 1.165) is 23.9 Å². The fourth-order valence-corrected chi connectivity index (χ4v) is 1.42. The summed E-state index contributed by atoms with van der Waals surface area (Å²) < 4.78 is 26.1. The van der Waals surface area contributed by atoms with Gasteiger partial charge in [-0.25, -0.2) is 8.78 Å². The van der Waals surface area contributed by atoms with Gasteiger partial charge in [0, 0.05) is 11.9 Å². The zero-order valence-corrected chi connectivity index (χ0v) is 8.84. The first-order chi connectivity index (χ1) is 8.16. The van der Waals surface area contributed by atoms with Crippen molar-refractivity contribution in [2.45, 2.75) is 6.54 Å². The van der Waals surface area contributed by atoms with E-state index in [1.54, 1.807) is 18.3 Å². The Kier molecular flexibility index (Phi) is 3.18. The molecule has 1 aromatic heterocycles. The molecule has 0 fully saturated rings. The Morgan fingerprint density at radius 1 is 1.29 bits per heavy atom. The van der Waals surface area contributed by atoms with Crippen LogP contribution in [0.25, 0.3) is 0 Å². The van der Waals surface area contributed by atoms with Crippen molar-refractivity contribution in [3.05, 3.63) is 59.4 Å². The fourth-order valence-electron chi connectivity index (χ4n) is 1.42. The number of amides is 1. The van der Waals surface area contributed by atoms with E-state index in [9.17, 15) is 13.6 Å². The molecule has 3 nitrogen and oxygen atoms in total. The predicted molar refractivity (Wildman–Crippen MR) is 58.3 cm³/mol. The maximum Gasteiger partial charge on any atom is 0.254 e. The lowest BCUT2D eigenvalue weighted by molar-refractivity contribution is 0.0946. The van der Waals surface area contributed by atoms with Crippen molar-refractivity contribution >= 4 is 5.91 Å². The zero-order valence-electron chi connectivity index (χ0n) is 8.84. The summed E-state index contributed by atoms with van der Waals surface area (Å²) in [6.45, 7) is 0.238. The summed E-state index contributed by atoms with van der Waals surface area (Å²) in [7, 11) is 0. The fraction of sp³-hybridized carbons (Fsp3) is 0.0833. The second-order valence-electron chi connectivity index (χ2n) is 3.50. The number of benzene rings is 1. The number of carbonyl (C=O) groups is 1. The minimum Gasteiger partial charge on any atom is -0.364 e. The van der Waals surface area contributed by atoms with Gasteiger partial charge in [-0.15, -0.1) is 0 Å². The lowest BCUT2D eigenvalue weighted by Crippen LogP contribution is -2.24. The molecule has 0 saturated heterocycles. The van der Waals surface area contributed by atoms with Crippen LogP contribution in [0.3, 0.4) is 0 Å². The quantitative estimate of drug-likeness (QED) is 0.843. The van der Waals surface area contributed by atoms with Gasteiger partial charge in [0.1, 0.15) is 11.6 Å². The Morgan fingerprint density at radius 2 is 2.12 bits per heavy atom. The van der Waals surface area contributed by atoms with Crippen LogP contribution in [0.1, 0.15) is 16.1 Å². The number of aromatic nitrogens is 1. The Hall–Kier alpha value is -2.17. The van der Waals surface area contributed by atoms with Crippen LogP contribution in [0.4, 0.5) is 8.78 Å². The van der Waals surface area contributed by atoms with E-state index in [4.69, 9.17) is 0 Å². The number of nitrogens with one attached hydrogen (secondary N) is 2. The van der Waals surface area contributed by atoms with E-state index in [2.05, 4.69) is 10.3 Å². The van der Waals surface area contributed by atoms with Crippen LogP contribution in [0.15, 0.2) is 36.5 Å². The first-order valence-electron chi connectivity index (χ1n) is 5.02. The van der Waals surface area contributed by atoms with Crippen molar-refractivity contribution in [3.8, 4) is 0 Å². The molecule has 0 aliphatic carbocycles. The SMILES string of the molecule is O=C(NCc1ccc[nH]1)c1cc(F)ccc1F. The maximum atomic E-state index is 13.3. The molecule has 1 aromatic carbocycles. The molecule has 0 saturated carbocycles. The summed E-state index contributed by atoms with van der Waals surface area (Å²) in [5.74, 6) is -2.02. The molecule has 0 radical (unpaired) electrons. The molecular weight excluding hydrogens is 226 g/mol. The number of aromatic amines is 1. The topological polar surface area (TPSA) is 44.9 Å². The summed E-state index contributed by atoms with van der Waals surface area (Å²) in [5.41, 5.74) is 0.492. The van der Waals surface area contributed by atoms with Crippen molar-refractivity contribution in [1.29, 1.82) is 0 Å².